The molecule has 1 amide bonds. The largest absolute Gasteiger partial charge is 0.503 e. The number of methoxy groups -OCH3 is 1. The van der Waals surface area contributed by atoms with E-state index in [0.717, 1.165) is 6.54 Å². The van der Waals surface area contributed by atoms with Gasteiger partial charge in [0.05, 0.1) is 18.7 Å². The van der Waals surface area contributed by atoms with Gasteiger partial charge in [0.15, 0.2) is 11.5 Å². The number of ketones is 1. The number of benzene rings is 2. The molecular formula is C25H25ClN2O5. The molecule has 0 aliphatic carbocycles. The molecule has 1 atom stereocenters. The number of aliphatic hydroxyl groups excluding tert-OH is 1. The summed E-state index contributed by atoms with van der Waals surface area (Å²) in [6.45, 7) is 1.12. The van der Waals surface area contributed by atoms with Crippen LogP contribution < -0.4 is 4.74 Å². The monoisotopic (exact) mass is 468 g/mol. The summed E-state index contributed by atoms with van der Waals surface area (Å²) in [5.74, 6) is -1.06. The van der Waals surface area contributed by atoms with E-state index in [-0.39, 0.29) is 11.3 Å². The van der Waals surface area contributed by atoms with Gasteiger partial charge in [0.25, 0.3) is 5.91 Å². The lowest BCUT2D eigenvalue weighted by molar-refractivity contribution is -0.129. The third-order valence-corrected chi connectivity index (χ3v) is 5.90. The summed E-state index contributed by atoms with van der Waals surface area (Å²) in [6.07, 6.45) is 0.678. The van der Waals surface area contributed by atoms with Crippen LogP contribution in [0, 0.1) is 0 Å². The summed E-state index contributed by atoms with van der Waals surface area (Å²) in [6, 6.07) is 13.0. The molecule has 1 N–H and O–H groups in total. The Balaban J connectivity index is 1.76. The highest BCUT2D eigenvalue weighted by Gasteiger charge is 2.44. The Morgan fingerprint density at radius 1 is 1.21 bits per heavy atom. The van der Waals surface area contributed by atoms with Crippen molar-refractivity contribution in [3.63, 3.8) is 0 Å². The molecule has 8 heteroatoms. The van der Waals surface area contributed by atoms with Crippen molar-refractivity contribution < 1.29 is 23.8 Å². The summed E-state index contributed by atoms with van der Waals surface area (Å²) < 4.78 is 11.1. The maximum Gasteiger partial charge on any atom is 0.290 e. The topological polar surface area (TPSA) is 83.2 Å². The van der Waals surface area contributed by atoms with E-state index < -0.39 is 23.5 Å². The van der Waals surface area contributed by atoms with E-state index in [1.54, 1.807) is 49.6 Å². The van der Waals surface area contributed by atoms with Crippen molar-refractivity contribution in [3.8, 4) is 5.75 Å². The molecule has 1 unspecified atom stereocenters. The molecule has 3 aromatic rings. The van der Waals surface area contributed by atoms with Crippen LogP contribution in [0.15, 0.2) is 64.3 Å². The van der Waals surface area contributed by atoms with Gasteiger partial charge >= 0.3 is 0 Å². The standard InChI is InChI=1S/C25H25ClN2O5/c1-27(2)10-5-11-28-22(15-6-4-7-18(13-15)32-3)21(24(30)25(28)31)23(29)20-14-16-12-17(26)8-9-19(16)33-20/h4,6-9,12-14,22,30H,5,10-11H2,1-3H3. The number of hydrogen-bond donors (Lipinski definition) is 1. The summed E-state index contributed by atoms with van der Waals surface area (Å²) >= 11 is 6.06. The smallest absolute Gasteiger partial charge is 0.290 e. The highest BCUT2D eigenvalue weighted by molar-refractivity contribution is 6.31. The summed E-state index contributed by atoms with van der Waals surface area (Å²) in [5, 5.41) is 12.0. The fraction of sp³-hybridized carbons (Fsp3) is 0.280. The number of Topliss-reactive ketones (excluding diaryl/α,β-unsaturated/α-hetero) is 1. The minimum Gasteiger partial charge on any atom is -0.503 e. The maximum atomic E-state index is 13.6. The zero-order valence-electron chi connectivity index (χ0n) is 18.7. The Bertz CT molecular complexity index is 1250. The molecule has 33 heavy (non-hydrogen) atoms. The van der Waals surface area contributed by atoms with Gasteiger partial charge in [-0.1, -0.05) is 23.7 Å². The highest BCUT2D eigenvalue weighted by atomic mass is 35.5. The number of carbonyl (C=O) groups excluding carboxylic acids is 2. The van der Waals surface area contributed by atoms with E-state index in [1.165, 1.54) is 4.90 Å². The number of aliphatic hydroxyl groups is 1. The van der Waals surface area contributed by atoms with Gasteiger partial charge in [-0.15, -0.1) is 0 Å². The fourth-order valence-corrected chi connectivity index (χ4v) is 4.27. The number of nitrogens with zero attached hydrogens (tertiary/aromatic N) is 2. The minimum absolute atomic E-state index is 0.0109. The van der Waals surface area contributed by atoms with E-state index in [1.807, 2.05) is 25.1 Å². The number of carbonyl (C=O) groups is 2. The number of hydrogen-bond acceptors (Lipinski definition) is 6. The maximum absolute atomic E-state index is 13.6. The molecule has 172 valence electrons. The van der Waals surface area contributed by atoms with Crippen molar-refractivity contribution in [2.45, 2.75) is 12.5 Å². The number of furan rings is 1. The number of rotatable bonds is 8. The molecule has 0 radical (unpaired) electrons. The van der Waals surface area contributed by atoms with E-state index >= 15 is 0 Å². The van der Waals surface area contributed by atoms with Crippen LogP contribution in [-0.2, 0) is 4.79 Å². The van der Waals surface area contributed by atoms with Crippen LogP contribution in [0.5, 0.6) is 5.75 Å². The molecule has 0 fully saturated rings. The second kappa shape index (κ2) is 9.29. The summed E-state index contributed by atoms with van der Waals surface area (Å²) in [5.41, 5.74) is 1.15. The van der Waals surface area contributed by atoms with Gasteiger partial charge in [0.1, 0.15) is 11.3 Å². The molecule has 1 aliphatic heterocycles. The Kier molecular flexibility index (Phi) is 6.44. The Hall–Kier alpha value is -3.29. The van der Waals surface area contributed by atoms with Crippen molar-refractivity contribution in [1.82, 2.24) is 9.80 Å². The molecule has 2 heterocycles. The van der Waals surface area contributed by atoms with Crippen LogP contribution >= 0.6 is 11.6 Å². The van der Waals surface area contributed by atoms with Gasteiger partial charge < -0.3 is 24.1 Å². The van der Waals surface area contributed by atoms with Crippen LogP contribution in [-0.4, -0.2) is 60.9 Å². The molecular weight excluding hydrogens is 444 g/mol. The van der Waals surface area contributed by atoms with E-state index in [2.05, 4.69) is 0 Å². The fourth-order valence-electron chi connectivity index (χ4n) is 4.09. The molecule has 2 aromatic carbocycles. The average molecular weight is 469 g/mol. The normalized spacial score (nSPS) is 16.3. The molecule has 4 rings (SSSR count). The van der Waals surface area contributed by atoms with Gasteiger partial charge in [0.2, 0.25) is 5.78 Å². The van der Waals surface area contributed by atoms with E-state index in [9.17, 15) is 14.7 Å². The number of amides is 1. The lowest BCUT2D eigenvalue weighted by atomic mass is 9.94. The van der Waals surface area contributed by atoms with Gasteiger partial charge in [-0.2, -0.15) is 0 Å². The molecule has 0 spiro atoms. The SMILES string of the molecule is COc1cccc(C2C(C(=O)c3cc4cc(Cl)ccc4o3)=C(O)C(=O)N2CCCN(C)C)c1. The van der Waals surface area contributed by atoms with Crippen LogP contribution in [0.2, 0.25) is 5.02 Å². The van der Waals surface area contributed by atoms with Crippen LogP contribution in [0.4, 0.5) is 0 Å². The van der Waals surface area contributed by atoms with Gasteiger partial charge in [-0.3, -0.25) is 9.59 Å². The second-order valence-electron chi connectivity index (χ2n) is 8.22. The first-order chi connectivity index (χ1) is 15.8. The molecule has 0 bridgehead atoms. The first kappa shape index (κ1) is 22.9. The average Bonchev–Trinajstić information content (AvgIpc) is 3.32. The number of fused-ring (bicyclic) bond motifs is 1. The third kappa shape index (κ3) is 4.47. The van der Waals surface area contributed by atoms with Gasteiger partial charge in [-0.25, -0.2) is 0 Å². The lowest BCUT2D eigenvalue weighted by Gasteiger charge is -2.27. The molecule has 0 saturated heterocycles. The Morgan fingerprint density at radius 2 is 2.00 bits per heavy atom. The predicted molar refractivity (Wildman–Crippen MR) is 126 cm³/mol. The zero-order valence-corrected chi connectivity index (χ0v) is 19.4. The second-order valence-corrected chi connectivity index (χ2v) is 8.66. The van der Waals surface area contributed by atoms with Crippen molar-refractivity contribution in [2.24, 2.45) is 0 Å². The minimum atomic E-state index is -0.765. The van der Waals surface area contributed by atoms with Gasteiger partial charge in [-0.05, 0) is 69.0 Å². The number of halogens is 1. The summed E-state index contributed by atoms with van der Waals surface area (Å²) in [7, 11) is 5.44. The molecule has 1 aliphatic rings. The Morgan fingerprint density at radius 3 is 2.73 bits per heavy atom. The van der Waals surface area contributed by atoms with Crippen LogP contribution in [0.1, 0.15) is 28.6 Å². The van der Waals surface area contributed by atoms with Crippen molar-refractivity contribution in [3.05, 3.63) is 76.2 Å². The van der Waals surface area contributed by atoms with Crippen LogP contribution in [0.3, 0.4) is 0 Å². The zero-order chi connectivity index (χ0) is 23.7. The van der Waals surface area contributed by atoms with Crippen molar-refractivity contribution in [1.29, 1.82) is 0 Å². The van der Waals surface area contributed by atoms with E-state index in [0.29, 0.717) is 40.3 Å². The van der Waals surface area contributed by atoms with Gasteiger partial charge in [0, 0.05) is 17.0 Å². The Labute approximate surface area is 196 Å². The van der Waals surface area contributed by atoms with Crippen LogP contribution in [0.25, 0.3) is 11.0 Å². The van der Waals surface area contributed by atoms with Crippen molar-refractivity contribution >= 4 is 34.3 Å². The first-order valence-electron chi connectivity index (χ1n) is 10.6. The van der Waals surface area contributed by atoms with Crippen molar-refractivity contribution in [2.75, 3.05) is 34.3 Å². The lowest BCUT2D eigenvalue weighted by Crippen LogP contribution is -2.33. The predicted octanol–water partition coefficient (Wildman–Crippen LogP) is 4.62. The number of ether oxygens (including phenoxy) is 1. The quantitative estimate of drug-likeness (QED) is 0.485. The van der Waals surface area contributed by atoms with E-state index in [4.69, 9.17) is 20.8 Å². The third-order valence-electron chi connectivity index (χ3n) is 5.66. The highest BCUT2D eigenvalue weighted by Crippen LogP contribution is 2.40. The molecule has 1 aromatic heterocycles. The summed E-state index contributed by atoms with van der Waals surface area (Å²) in [4.78, 5) is 30.2. The molecule has 7 nitrogen and oxygen atoms in total. The first-order valence-corrected chi connectivity index (χ1v) is 10.9. The molecule has 0 saturated carbocycles.